The summed E-state index contributed by atoms with van der Waals surface area (Å²) >= 11 is 0. The van der Waals surface area contributed by atoms with Gasteiger partial charge < -0.3 is 10.5 Å². The number of rotatable bonds is 5. The maximum atomic E-state index is 10.6. The number of carbonyl (C=O) groups excluding carboxylic acids is 1. The van der Waals surface area contributed by atoms with Gasteiger partial charge in [0.2, 0.25) is 11.8 Å². The summed E-state index contributed by atoms with van der Waals surface area (Å²) in [5.74, 6) is -0.972. The highest BCUT2D eigenvalue weighted by Gasteiger charge is 2.05. The average molecular weight is 245 g/mol. The normalized spacial score (nSPS) is 11.1. The van der Waals surface area contributed by atoms with Gasteiger partial charge in [-0.3, -0.25) is 9.35 Å². The van der Waals surface area contributed by atoms with Gasteiger partial charge in [0.05, 0.1) is 6.42 Å². The average Bonchev–Trinajstić information content (AvgIpc) is 2.14. The van der Waals surface area contributed by atoms with Crippen LogP contribution in [0.4, 0.5) is 0 Å². The van der Waals surface area contributed by atoms with E-state index in [1.54, 1.807) is 12.1 Å². The molecule has 0 atom stereocenters. The van der Waals surface area contributed by atoms with Crippen LogP contribution < -0.4 is 10.5 Å². The summed E-state index contributed by atoms with van der Waals surface area (Å²) in [4.78, 5) is 10.6. The Labute approximate surface area is 92.8 Å². The molecule has 7 heteroatoms. The van der Waals surface area contributed by atoms with Crippen LogP contribution >= 0.6 is 0 Å². The Kier molecular flexibility index (Phi) is 3.86. The van der Waals surface area contributed by atoms with Crippen molar-refractivity contribution in [3.63, 3.8) is 0 Å². The number of primary amides is 1. The molecule has 0 saturated heterocycles. The molecule has 1 rings (SSSR count). The highest BCUT2D eigenvalue weighted by atomic mass is 32.2. The Hall–Kier alpha value is -1.60. The molecular formula is C9H11NO5S. The van der Waals surface area contributed by atoms with Crippen LogP contribution in [0.5, 0.6) is 5.75 Å². The van der Waals surface area contributed by atoms with Gasteiger partial charge in [0, 0.05) is 0 Å². The van der Waals surface area contributed by atoms with E-state index in [1.165, 1.54) is 12.1 Å². The Morgan fingerprint density at radius 1 is 1.31 bits per heavy atom. The van der Waals surface area contributed by atoms with Crippen molar-refractivity contribution in [2.75, 3.05) is 5.94 Å². The lowest BCUT2D eigenvalue weighted by Crippen LogP contribution is -2.13. The first-order chi connectivity index (χ1) is 7.37. The number of ether oxygens (including phenoxy) is 1. The Morgan fingerprint density at radius 3 is 2.31 bits per heavy atom. The highest BCUT2D eigenvalue weighted by molar-refractivity contribution is 7.85. The lowest BCUT2D eigenvalue weighted by molar-refractivity contribution is -0.117. The van der Waals surface area contributed by atoms with Gasteiger partial charge in [-0.1, -0.05) is 12.1 Å². The molecule has 16 heavy (non-hydrogen) atoms. The van der Waals surface area contributed by atoms with Gasteiger partial charge in [-0.25, -0.2) is 0 Å². The molecule has 0 bridgehead atoms. The first-order valence-electron chi connectivity index (χ1n) is 4.32. The molecule has 6 nitrogen and oxygen atoms in total. The molecule has 1 amide bonds. The van der Waals surface area contributed by atoms with Crippen molar-refractivity contribution in [3.05, 3.63) is 29.8 Å². The number of hydrogen-bond acceptors (Lipinski definition) is 4. The smallest absolute Gasteiger partial charge is 0.300 e. The third kappa shape index (κ3) is 4.76. The van der Waals surface area contributed by atoms with Crippen molar-refractivity contribution in [2.24, 2.45) is 5.73 Å². The SMILES string of the molecule is NC(=O)Cc1ccc(OCS(=O)(=O)O)cc1. The summed E-state index contributed by atoms with van der Waals surface area (Å²) in [6.45, 7) is 0. The zero-order valence-corrected chi connectivity index (χ0v) is 9.11. The molecular weight excluding hydrogens is 234 g/mol. The van der Waals surface area contributed by atoms with Gasteiger partial charge >= 0.3 is 10.1 Å². The number of benzene rings is 1. The Bertz CT molecular complexity index is 465. The number of nitrogens with two attached hydrogens (primary N) is 1. The van der Waals surface area contributed by atoms with Gasteiger partial charge in [-0.15, -0.1) is 0 Å². The molecule has 3 N–H and O–H groups in total. The molecule has 0 unspecified atom stereocenters. The van der Waals surface area contributed by atoms with Gasteiger partial charge in [0.25, 0.3) is 0 Å². The van der Waals surface area contributed by atoms with Crippen molar-refractivity contribution in [2.45, 2.75) is 6.42 Å². The second-order valence-corrected chi connectivity index (χ2v) is 4.53. The fraction of sp³-hybridized carbons (Fsp3) is 0.222. The molecule has 1 aromatic carbocycles. The molecule has 0 aliphatic carbocycles. The Balaban J connectivity index is 2.61. The van der Waals surface area contributed by atoms with Crippen molar-refractivity contribution >= 4 is 16.0 Å². The minimum atomic E-state index is -4.15. The molecule has 0 saturated carbocycles. The third-order valence-electron chi connectivity index (χ3n) is 1.68. The number of amides is 1. The van der Waals surface area contributed by atoms with Crippen LogP contribution in [-0.4, -0.2) is 24.8 Å². The quantitative estimate of drug-likeness (QED) is 0.706. The van der Waals surface area contributed by atoms with E-state index in [-0.39, 0.29) is 12.2 Å². The molecule has 1 aromatic rings. The van der Waals surface area contributed by atoms with Crippen LogP contribution in [0, 0.1) is 0 Å². The zero-order chi connectivity index (χ0) is 12.2. The fourth-order valence-electron chi connectivity index (χ4n) is 1.05. The second-order valence-electron chi connectivity index (χ2n) is 3.13. The third-order valence-corrected chi connectivity index (χ3v) is 2.09. The van der Waals surface area contributed by atoms with Crippen LogP contribution in [0.1, 0.15) is 5.56 Å². The predicted molar refractivity (Wildman–Crippen MR) is 56.4 cm³/mol. The maximum absolute atomic E-state index is 10.6. The van der Waals surface area contributed by atoms with E-state index in [0.29, 0.717) is 5.56 Å². The van der Waals surface area contributed by atoms with E-state index in [1.807, 2.05) is 0 Å². The summed E-state index contributed by atoms with van der Waals surface area (Å²) in [7, 11) is -4.15. The summed E-state index contributed by atoms with van der Waals surface area (Å²) in [6, 6.07) is 6.15. The molecule has 0 fully saturated rings. The minimum Gasteiger partial charge on any atom is -0.475 e. The van der Waals surface area contributed by atoms with E-state index in [2.05, 4.69) is 0 Å². The summed E-state index contributed by atoms with van der Waals surface area (Å²) in [6.07, 6.45) is 0.110. The van der Waals surface area contributed by atoms with Gasteiger partial charge in [-0.2, -0.15) is 8.42 Å². The first-order valence-corrected chi connectivity index (χ1v) is 5.93. The van der Waals surface area contributed by atoms with Crippen LogP contribution in [0.25, 0.3) is 0 Å². The number of carbonyl (C=O) groups is 1. The molecule has 88 valence electrons. The van der Waals surface area contributed by atoms with Crippen LogP contribution in [0.2, 0.25) is 0 Å². The molecule has 0 radical (unpaired) electrons. The summed E-state index contributed by atoms with van der Waals surface area (Å²) in [5.41, 5.74) is 5.70. The maximum Gasteiger partial charge on any atom is 0.300 e. The minimum absolute atomic E-state index is 0.110. The van der Waals surface area contributed by atoms with Gasteiger partial charge in [0.15, 0.2) is 0 Å². The molecule has 0 aliphatic heterocycles. The van der Waals surface area contributed by atoms with Gasteiger partial charge in [-0.05, 0) is 17.7 Å². The van der Waals surface area contributed by atoms with Crippen LogP contribution in [0.3, 0.4) is 0 Å². The monoisotopic (exact) mass is 245 g/mol. The number of hydrogen-bond donors (Lipinski definition) is 2. The summed E-state index contributed by atoms with van der Waals surface area (Å²) in [5, 5.41) is 0. The van der Waals surface area contributed by atoms with Crippen LogP contribution in [-0.2, 0) is 21.3 Å². The predicted octanol–water partition coefficient (Wildman–Crippen LogP) is -0.0615. The van der Waals surface area contributed by atoms with Crippen molar-refractivity contribution in [3.8, 4) is 5.75 Å². The zero-order valence-electron chi connectivity index (χ0n) is 8.29. The molecule has 0 aromatic heterocycles. The Morgan fingerprint density at radius 2 is 1.88 bits per heavy atom. The molecule has 0 heterocycles. The second kappa shape index (κ2) is 4.95. The van der Waals surface area contributed by atoms with E-state index >= 15 is 0 Å². The first kappa shape index (κ1) is 12.5. The lowest BCUT2D eigenvalue weighted by Gasteiger charge is -2.04. The van der Waals surface area contributed by atoms with E-state index < -0.39 is 22.0 Å². The van der Waals surface area contributed by atoms with E-state index in [0.717, 1.165) is 0 Å². The van der Waals surface area contributed by atoms with Crippen molar-refractivity contribution in [1.29, 1.82) is 0 Å². The van der Waals surface area contributed by atoms with Crippen LogP contribution in [0.15, 0.2) is 24.3 Å². The highest BCUT2D eigenvalue weighted by Crippen LogP contribution is 2.12. The summed E-state index contributed by atoms with van der Waals surface area (Å²) < 4.78 is 34.0. The molecule has 0 spiro atoms. The fourth-order valence-corrected chi connectivity index (χ4v) is 1.33. The molecule has 0 aliphatic rings. The van der Waals surface area contributed by atoms with E-state index in [4.69, 9.17) is 15.0 Å². The van der Waals surface area contributed by atoms with E-state index in [9.17, 15) is 13.2 Å². The topological polar surface area (TPSA) is 107 Å². The van der Waals surface area contributed by atoms with Crippen molar-refractivity contribution in [1.82, 2.24) is 0 Å². The van der Waals surface area contributed by atoms with Crippen molar-refractivity contribution < 1.29 is 22.5 Å². The van der Waals surface area contributed by atoms with Gasteiger partial charge in [0.1, 0.15) is 5.75 Å². The lowest BCUT2D eigenvalue weighted by atomic mass is 10.1. The standard InChI is InChI=1S/C9H11NO5S/c10-9(11)5-7-1-3-8(4-2-7)15-6-16(12,13)14/h1-4H,5-6H2,(H2,10,11)(H,12,13,14). The largest absolute Gasteiger partial charge is 0.475 e.